The fourth-order valence-electron chi connectivity index (χ4n) is 3.16. The van der Waals surface area contributed by atoms with Crippen LogP contribution >= 0.6 is 0 Å². The monoisotopic (exact) mass is 417 g/mol. The van der Waals surface area contributed by atoms with Gasteiger partial charge in [-0.1, -0.05) is 19.9 Å². The zero-order valence-corrected chi connectivity index (χ0v) is 17.2. The molecule has 9 heteroatoms. The summed E-state index contributed by atoms with van der Waals surface area (Å²) < 4.78 is 0. The van der Waals surface area contributed by atoms with Gasteiger partial charge in [0.05, 0.1) is 16.6 Å². The highest BCUT2D eigenvalue weighted by molar-refractivity contribution is 5.99. The van der Waals surface area contributed by atoms with E-state index < -0.39 is 17.9 Å². The Morgan fingerprint density at radius 2 is 1.94 bits per heavy atom. The predicted octanol–water partition coefficient (Wildman–Crippen LogP) is 2.66. The summed E-state index contributed by atoms with van der Waals surface area (Å²) in [6.45, 7) is 3.90. The highest BCUT2D eigenvalue weighted by atomic mass is 16.1. The van der Waals surface area contributed by atoms with Crippen molar-refractivity contribution < 1.29 is 9.59 Å². The average Bonchev–Trinajstić information content (AvgIpc) is 2.72. The third-order valence-electron chi connectivity index (χ3n) is 4.64. The summed E-state index contributed by atoms with van der Waals surface area (Å²) in [5, 5.41) is 16.4. The first kappa shape index (κ1) is 21.5. The van der Waals surface area contributed by atoms with Gasteiger partial charge in [-0.25, -0.2) is 4.98 Å². The Bertz CT molecular complexity index is 1180. The minimum absolute atomic E-state index is 0.0490. The first-order valence-electron chi connectivity index (χ1n) is 9.71. The average molecular weight is 417 g/mol. The van der Waals surface area contributed by atoms with E-state index in [1.807, 2.05) is 44.2 Å². The number of nitrogens with two attached hydrogens (primary N) is 2. The number of carbonyl (C=O) groups excluding carboxylic acids is 2. The zero-order chi connectivity index (χ0) is 22.5. The Hall–Kier alpha value is -4.19. The van der Waals surface area contributed by atoms with Gasteiger partial charge in [0.1, 0.15) is 23.7 Å². The summed E-state index contributed by atoms with van der Waals surface area (Å²) >= 11 is 0. The van der Waals surface area contributed by atoms with E-state index in [0.717, 1.165) is 10.9 Å². The molecular formula is C22H23N7O2. The third kappa shape index (κ3) is 5.05. The minimum atomic E-state index is -0.742. The zero-order valence-electron chi connectivity index (χ0n) is 17.2. The molecule has 0 radical (unpaired) electrons. The summed E-state index contributed by atoms with van der Waals surface area (Å²) in [5.41, 5.74) is 12.6. The van der Waals surface area contributed by atoms with Gasteiger partial charge in [0.15, 0.2) is 0 Å². The Morgan fingerprint density at radius 1 is 1.16 bits per heavy atom. The molecule has 0 aliphatic rings. The number of nitriles is 1. The van der Waals surface area contributed by atoms with Crippen molar-refractivity contribution in [1.29, 1.82) is 5.26 Å². The van der Waals surface area contributed by atoms with Gasteiger partial charge in [0, 0.05) is 17.3 Å². The number of amides is 2. The quantitative estimate of drug-likeness (QED) is 0.438. The molecule has 0 bridgehead atoms. The number of fused-ring (bicyclic) bond motifs is 1. The lowest BCUT2D eigenvalue weighted by atomic mass is 10.0. The minimum Gasteiger partial charge on any atom is -0.368 e. The molecule has 3 rings (SSSR count). The van der Waals surface area contributed by atoms with Crippen molar-refractivity contribution in [1.82, 2.24) is 9.97 Å². The molecule has 1 aromatic carbocycles. The number of hydrogen-bond donors (Lipinski definition) is 4. The molecule has 0 aliphatic heterocycles. The lowest BCUT2D eigenvalue weighted by molar-refractivity contribution is -0.119. The van der Waals surface area contributed by atoms with Crippen LogP contribution < -0.4 is 22.1 Å². The van der Waals surface area contributed by atoms with E-state index in [1.165, 1.54) is 6.07 Å². The van der Waals surface area contributed by atoms with Gasteiger partial charge in [0.2, 0.25) is 5.91 Å². The van der Waals surface area contributed by atoms with Gasteiger partial charge in [-0.3, -0.25) is 14.6 Å². The van der Waals surface area contributed by atoms with E-state index >= 15 is 0 Å². The number of hydrogen-bond acceptors (Lipinski definition) is 7. The highest BCUT2D eigenvalue weighted by Gasteiger charge is 2.22. The van der Waals surface area contributed by atoms with Crippen molar-refractivity contribution >= 4 is 40.0 Å². The maximum atomic E-state index is 12.0. The molecule has 0 unspecified atom stereocenters. The third-order valence-corrected chi connectivity index (χ3v) is 4.64. The number of benzene rings is 1. The van der Waals surface area contributed by atoms with Crippen LogP contribution in [0.1, 0.15) is 36.2 Å². The van der Waals surface area contributed by atoms with E-state index in [2.05, 4.69) is 20.6 Å². The lowest BCUT2D eigenvalue weighted by Crippen LogP contribution is -2.37. The molecular weight excluding hydrogens is 394 g/mol. The van der Waals surface area contributed by atoms with Crippen LogP contribution in [0.5, 0.6) is 0 Å². The summed E-state index contributed by atoms with van der Waals surface area (Å²) in [6.07, 6.45) is 2.16. The summed E-state index contributed by atoms with van der Waals surface area (Å²) in [7, 11) is 0. The second kappa shape index (κ2) is 9.09. The van der Waals surface area contributed by atoms with Gasteiger partial charge in [0.25, 0.3) is 5.91 Å². The van der Waals surface area contributed by atoms with E-state index in [-0.39, 0.29) is 28.7 Å². The Balaban J connectivity index is 2.03. The van der Waals surface area contributed by atoms with Gasteiger partial charge >= 0.3 is 0 Å². The molecule has 158 valence electrons. The van der Waals surface area contributed by atoms with Gasteiger partial charge in [-0.05, 0) is 42.7 Å². The van der Waals surface area contributed by atoms with Crippen LogP contribution in [0.4, 0.5) is 17.3 Å². The first-order chi connectivity index (χ1) is 14.8. The van der Waals surface area contributed by atoms with Crippen molar-refractivity contribution in [2.24, 2.45) is 17.4 Å². The molecule has 2 heterocycles. The summed E-state index contributed by atoms with van der Waals surface area (Å²) in [6, 6.07) is 11.8. The van der Waals surface area contributed by atoms with Crippen LogP contribution in [0.2, 0.25) is 0 Å². The van der Waals surface area contributed by atoms with Crippen molar-refractivity contribution in [2.75, 3.05) is 10.6 Å². The highest BCUT2D eigenvalue weighted by Crippen LogP contribution is 2.27. The standard InChI is InChI=1S/C22H23N7O2/c1-12(2)8-18(20(25)31)28-21-14(11-23)10-16(19(24)30)22(29-21)27-15-5-6-17-13(9-15)4-3-7-26-17/h3-7,9-10,12,18H,8H2,1-2H3,(H2,24,30)(H2,25,31)(H2,27,28,29)/t18-/m1/s1. The number of rotatable bonds is 8. The molecule has 3 aromatic rings. The fraction of sp³-hybridized carbons (Fsp3) is 0.227. The van der Waals surface area contributed by atoms with E-state index in [4.69, 9.17) is 11.5 Å². The second-order valence-electron chi connectivity index (χ2n) is 7.52. The smallest absolute Gasteiger partial charge is 0.252 e. The van der Waals surface area contributed by atoms with Crippen LogP contribution in [0.3, 0.4) is 0 Å². The van der Waals surface area contributed by atoms with Crippen molar-refractivity contribution in [3.05, 3.63) is 53.7 Å². The van der Waals surface area contributed by atoms with E-state index in [9.17, 15) is 14.9 Å². The molecule has 0 fully saturated rings. The predicted molar refractivity (Wildman–Crippen MR) is 119 cm³/mol. The number of anilines is 3. The fourth-order valence-corrected chi connectivity index (χ4v) is 3.16. The van der Waals surface area contributed by atoms with Crippen LogP contribution in [0, 0.1) is 17.2 Å². The molecule has 6 N–H and O–H groups in total. The number of nitrogens with zero attached hydrogens (tertiary/aromatic N) is 3. The first-order valence-corrected chi connectivity index (χ1v) is 9.71. The van der Waals surface area contributed by atoms with Crippen LogP contribution in [-0.4, -0.2) is 27.8 Å². The molecule has 2 aromatic heterocycles. The van der Waals surface area contributed by atoms with Gasteiger partial charge < -0.3 is 22.1 Å². The maximum Gasteiger partial charge on any atom is 0.252 e. The van der Waals surface area contributed by atoms with E-state index in [1.54, 1.807) is 12.3 Å². The molecule has 1 atom stereocenters. The Kier molecular flexibility index (Phi) is 6.31. The lowest BCUT2D eigenvalue weighted by Gasteiger charge is -2.20. The normalized spacial score (nSPS) is 11.7. The summed E-state index contributed by atoms with van der Waals surface area (Å²) in [5.74, 6) is -0.819. The molecule has 0 saturated carbocycles. The van der Waals surface area contributed by atoms with Crippen LogP contribution in [-0.2, 0) is 4.79 Å². The Morgan fingerprint density at radius 3 is 2.58 bits per heavy atom. The molecule has 0 saturated heterocycles. The van der Waals surface area contributed by atoms with Crippen molar-refractivity contribution in [2.45, 2.75) is 26.3 Å². The SMILES string of the molecule is CC(C)C[C@@H](Nc1nc(Nc2ccc3ncccc3c2)c(C(N)=O)cc1C#N)C(N)=O. The van der Waals surface area contributed by atoms with Gasteiger partial charge in [-0.15, -0.1) is 0 Å². The largest absolute Gasteiger partial charge is 0.368 e. The molecule has 0 aliphatic carbocycles. The number of nitrogens with one attached hydrogen (secondary N) is 2. The molecule has 0 spiro atoms. The number of primary amides is 2. The van der Waals surface area contributed by atoms with Crippen LogP contribution in [0.25, 0.3) is 10.9 Å². The van der Waals surface area contributed by atoms with Crippen molar-refractivity contribution in [3.8, 4) is 6.07 Å². The van der Waals surface area contributed by atoms with Crippen molar-refractivity contribution in [3.63, 3.8) is 0 Å². The molecule has 9 nitrogen and oxygen atoms in total. The number of pyridine rings is 2. The van der Waals surface area contributed by atoms with Crippen LogP contribution in [0.15, 0.2) is 42.6 Å². The number of carbonyl (C=O) groups is 2. The van der Waals surface area contributed by atoms with E-state index in [0.29, 0.717) is 12.1 Å². The second-order valence-corrected chi connectivity index (χ2v) is 7.52. The Labute approximate surface area is 179 Å². The van der Waals surface area contributed by atoms with Gasteiger partial charge in [-0.2, -0.15) is 5.26 Å². The molecule has 2 amide bonds. The number of aromatic nitrogens is 2. The molecule has 31 heavy (non-hydrogen) atoms. The topological polar surface area (TPSA) is 160 Å². The summed E-state index contributed by atoms with van der Waals surface area (Å²) in [4.78, 5) is 32.6. The maximum absolute atomic E-state index is 12.0.